The van der Waals surface area contributed by atoms with Crippen LogP contribution < -0.4 is 11.2 Å². The van der Waals surface area contributed by atoms with Gasteiger partial charge in [-0.05, 0) is 58.3 Å². The third-order valence-corrected chi connectivity index (χ3v) is 5.99. The van der Waals surface area contributed by atoms with Crippen LogP contribution in [-0.4, -0.2) is 15.0 Å². The number of carbonyl (C=O) groups is 1. The lowest BCUT2D eigenvalue weighted by molar-refractivity contribution is 0.0948. The van der Waals surface area contributed by atoms with E-state index in [1.807, 2.05) is 48.5 Å². The third kappa shape index (κ3) is 4.10. The number of fused-ring (bicyclic) bond motifs is 2. The Balaban J connectivity index is 1.61. The molecule has 0 bridgehead atoms. The van der Waals surface area contributed by atoms with E-state index in [9.17, 15) is 14.4 Å². The zero-order valence-electron chi connectivity index (χ0n) is 18.9. The molecule has 0 unspecified atom stereocenters. The second kappa shape index (κ2) is 8.99. The van der Waals surface area contributed by atoms with Crippen LogP contribution >= 0.6 is 0 Å². The molecule has 0 aliphatic rings. The Bertz CT molecular complexity index is 1690. The van der Waals surface area contributed by atoms with E-state index in [0.29, 0.717) is 10.1 Å². The number of hydrogen-bond donors (Lipinski definition) is 0. The average Bonchev–Trinajstić information content (AvgIpc) is 2.87. The summed E-state index contributed by atoms with van der Waals surface area (Å²) in [6.07, 6.45) is 2.70. The lowest BCUT2D eigenvalue weighted by Crippen LogP contribution is -2.44. The summed E-state index contributed by atoms with van der Waals surface area (Å²) in [5.41, 5.74) is -0.542. The molecular weight excluding hydrogens is 443 g/mol. The maximum absolute atomic E-state index is 15.4. The first-order chi connectivity index (χ1) is 16.9. The first-order valence-corrected chi connectivity index (χ1v) is 11.1. The summed E-state index contributed by atoms with van der Waals surface area (Å²) < 4.78 is 17.0. The van der Waals surface area contributed by atoms with E-state index in [1.165, 1.54) is 31.3 Å². The van der Waals surface area contributed by atoms with Crippen LogP contribution in [0.4, 0.5) is 4.39 Å². The van der Waals surface area contributed by atoms with Crippen LogP contribution in [0.25, 0.3) is 27.6 Å². The van der Waals surface area contributed by atoms with E-state index < -0.39 is 29.5 Å². The molecule has 6 heteroatoms. The summed E-state index contributed by atoms with van der Waals surface area (Å²) in [5.74, 6) is -1.33. The minimum absolute atomic E-state index is 0.164. The summed E-state index contributed by atoms with van der Waals surface area (Å²) in [6, 6.07) is 25.5. The van der Waals surface area contributed by atoms with Crippen molar-refractivity contribution in [3.63, 3.8) is 0 Å². The fraction of sp³-hybridized carbons (Fsp3) is 0.0690. The number of rotatable bonds is 4. The van der Waals surface area contributed by atoms with Gasteiger partial charge in [-0.3, -0.25) is 14.2 Å². The van der Waals surface area contributed by atoms with Crippen molar-refractivity contribution in [2.24, 2.45) is 0 Å². The first kappa shape index (κ1) is 22.2. The molecule has 0 N–H and O–H groups in total. The second-order valence-corrected chi connectivity index (χ2v) is 8.36. The monoisotopic (exact) mass is 464 g/mol. The Morgan fingerprint density at radius 1 is 0.857 bits per heavy atom. The zero-order chi connectivity index (χ0) is 24.5. The van der Waals surface area contributed by atoms with Crippen LogP contribution in [0.5, 0.6) is 0 Å². The predicted molar refractivity (Wildman–Crippen MR) is 136 cm³/mol. The standard InChI is InChI=1S/C29H21FN2O3/c1-19-17-31(29(35)32(27(19)33)28(34)20-9-3-2-4-10-20)18-23(30)16-26-24-13-7-5-11-21(24)15-22-12-6-8-14-25(22)26/h2-17H,18H2,1H3/b23-16-. The molecule has 0 atom stereocenters. The van der Waals surface area contributed by atoms with Gasteiger partial charge in [0.2, 0.25) is 0 Å². The molecule has 5 aromatic rings. The summed E-state index contributed by atoms with van der Waals surface area (Å²) in [5, 5.41) is 3.71. The van der Waals surface area contributed by atoms with Gasteiger partial charge in [0.05, 0.1) is 6.54 Å². The van der Waals surface area contributed by atoms with Gasteiger partial charge in [-0.1, -0.05) is 66.7 Å². The highest BCUT2D eigenvalue weighted by Crippen LogP contribution is 2.30. The van der Waals surface area contributed by atoms with Gasteiger partial charge in [-0.25, -0.2) is 9.18 Å². The third-order valence-electron chi connectivity index (χ3n) is 5.99. The Labute approximate surface area is 200 Å². The Morgan fingerprint density at radius 2 is 1.43 bits per heavy atom. The van der Waals surface area contributed by atoms with Crippen molar-refractivity contribution in [3.05, 3.63) is 134 Å². The van der Waals surface area contributed by atoms with Crippen molar-refractivity contribution >= 4 is 33.5 Å². The molecule has 0 fully saturated rings. The van der Waals surface area contributed by atoms with E-state index >= 15 is 4.39 Å². The molecule has 1 heterocycles. The van der Waals surface area contributed by atoms with Crippen molar-refractivity contribution in [1.82, 2.24) is 9.13 Å². The summed E-state index contributed by atoms with van der Waals surface area (Å²) in [6.45, 7) is 1.08. The van der Waals surface area contributed by atoms with Gasteiger partial charge in [-0.15, -0.1) is 0 Å². The Kier molecular flexibility index (Phi) is 5.71. The number of halogens is 1. The molecule has 0 amide bonds. The number of aryl methyl sites for hydroxylation is 1. The first-order valence-electron chi connectivity index (χ1n) is 11.1. The average molecular weight is 464 g/mol. The summed E-state index contributed by atoms with van der Waals surface area (Å²) in [4.78, 5) is 38.6. The van der Waals surface area contributed by atoms with Gasteiger partial charge in [0, 0.05) is 17.3 Å². The van der Waals surface area contributed by atoms with Crippen molar-refractivity contribution in [2.75, 3.05) is 0 Å². The van der Waals surface area contributed by atoms with Crippen LogP contribution in [-0.2, 0) is 6.54 Å². The van der Waals surface area contributed by atoms with Gasteiger partial charge in [0.1, 0.15) is 5.83 Å². The van der Waals surface area contributed by atoms with E-state index in [-0.39, 0.29) is 11.1 Å². The Hall–Kier alpha value is -4.58. The Morgan fingerprint density at radius 3 is 2.06 bits per heavy atom. The fourth-order valence-electron chi connectivity index (χ4n) is 4.31. The van der Waals surface area contributed by atoms with Gasteiger partial charge < -0.3 is 0 Å². The molecule has 4 aromatic carbocycles. The summed E-state index contributed by atoms with van der Waals surface area (Å²) in [7, 11) is 0. The second-order valence-electron chi connectivity index (χ2n) is 8.36. The van der Waals surface area contributed by atoms with Crippen LogP contribution in [0.3, 0.4) is 0 Å². The molecule has 172 valence electrons. The molecule has 0 aliphatic heterocycles. The van der Waals surface area contributed by atoms with E-state index in [0.717, 1.165) is 26.1 Å². The number of hydrogen-bond acceptors (Lipinski definition) is 3. The molecule has 0 saturated heterocycles. The lowest BCUT2D eigenvalue weighted by Gasteiger charge is -2.11. The van der Waals surface area contributed by atoms with E-state index in [2.05, 4.69) is 6.07 Å². The zero-order valence-corrected chi connectivity index (χ0v) is 18.9. The van der Waals surface area contributed by atoms with Gasteiger partial charge >= 0.3 is 5.69 Å². The molecule has 5 rings (SSSR count). The molecule has 35 heavy (non-hydrogen) atoms. The molecule has 1 aromatic heterocycles. The lowest BCUT2D eigenvalue weighted by atomic mass is 9.96. The highest BCUT2D eigenvalue weighted by molar-refractivity contribution is 6.06. The fourth-order valence-corrected chi connectivity index (χ4v) is 4.31. The smallest absolute Gasteiger partial charge is 0.293 e. The molecule has 0 saturated carbocycles. The van der Waals surface area contributed by atoms with Crippen molar-refractivity contribution < 1.29 is 9.18 Å². The van der Waals surface area contributed by atoms with Crippen molar-refractivity contribution in [1.29, 1.82) is 0 Å². The van der Waals surface area contributed by atoms with Gasteiger partial charge in [0.25, 0.3) is 11.5 Å². The number of allylic oxidation sites excluding steroid dienone is 1. The SMILES string of the molecule is Cc1cn(C/C(F)=C/c2c3ccccc3cc3ccccc23)c(=O)n(C(=O)c2ccccc2)c1=O. The molecule has 0 aliphatic carbocycles. The van der Waals surface area contributed by atoms with Crippen LogP contribution in [0.2, 0.25) is 0 Å². The predicted octanol–water partition coefficient (Wildman–Crippen LogP) is 5.32. The van der Waals surface area contributed by atoms with E-state index in [4.69, 9.17) is 0 Å². The van der Waals surface area contributed by atoms with Crippen LogP contribution in [0.15, 0.2) is 107 Å². The topological polar surface area (TPSA) is 61.1 Å². The minimum Gasteiger partial charge on any atom is -0.293 e. The van der Waals surface area contributed by atoms with Crippen LogP contribution in [0, 0.1) is 6.92 Å². The number of aromatic nitrogens is 2. The summed E-state index contributed by atoms with van der Waals surface area (Å²) >= 11 is 0. The van der Waals surface area contributed by atoms with Crippen LogP contribution in [0.1, 0.15) is 21.5 Å². The highest BCUT2D eigenvalue weighted by Gasteiger charge is 2.18. The maximum atomic E-state index is 15.4. The largest absolute Gasteiger partial charge is 0.338 e. The number of benzene rings is 4. The van der Waals surface area contributed by atoms with Gasteiger partial charge in [-0.2, -0.15) is 4.57 Å². The molecular formula is C29H21FN2O3. The number of nitrogens with zero attached hydrogens (tertiary/aromatic N) is 2. The van der Waals surface area contributed by atoms with Crippen molar-refractivity contribution in [2.45, 2.75) is 13.5 Å². The quantitative estimate of drug-likeness (QED) is 0.338. The van der Waals surface area contributed by atoms with Gasteiger partial charge in [0.15, 0.2) is 0 Å². The van der Waals surface area contributed by atoms with Crippen molar-refractivity contribution in [3.8, 4) is 0 Å². The highest BCUT2D eigenvalue weighted by atomic mass is 19.1. The molecule has 0 spiro atoms. The maximum Gasteiger partial charge on any atom is 0.338 e. The molecule has 5 nitrogen and oxygen atoms in total. The normalized spacial score (nSPS) is 11.8. The minimum atomic E-state index is -0.888. The molecule has 0 radical (unpaired) electrons. The van der Waals surface area contributed by atoms with E-state index in [1.54, 1.807) is 18.2 Å². The number of carbonyl (C=O) groups excluding carboxylic acids is 1.